The maximum Gasteiger partial charge on any atom is 0.260 e. The standard InChI is InChI=1S/C16H26N2O4S/c1-11(2)12(3)17-16(19)13(4)22-15-9-7-14(8-10-15)18(5)23(6,20)21/h7-13H,1-6H3,(H,17,19)/t12-,13+/m1/s1. The topological polar surface area (TPSA) is 75.7 Å². The van der Waals surface area contributed by atoms with Crippen LogP contribution in [-0.2, 0) is 14.8 Å². The van der Waals surface area contributed by atoms with Gasteiger partial charge in [-0.1, -0.05) is 13.8 Å². The Morgan fingerprint density at radius 2 is 1.65 bits per heavy atom. The highest BCUT2D eigenvalue weighted by Crippen LogP contribution is 2.21. The van der Waals surface area contributed by atoms with Crippen molar-refractivity contribution in [3.8, 4) is 5.75 Å². The van der Waals surface area contributed by atoms with Crippen LogP contribution in [0.3, 0.4) is 0 Å². The predicted octanol–water partition coefficient (Wildman–Crippen LogP) is 2.01. The second-order valence-electron chi connectivity index (χ2n) is 6.03. The Labute approximate surface area is 138 Å². The maximum absolute atomic E-state index is 12.0. The van der Waals surface area contributed by atoms with E-state index in [1.807, 2.05) is 20.8 Å². The summed E-state index contributed by atoms with van der Waals surface area (Å²) in [5.41, 5.74) is 0.533. The lowest BCUT2D eigenvalue weighted by Crippen LogP contribution is -2.43. The number of ether oxygens (including phenoxy) is 1. The van der Waals surface area contributed by atoms with Gasteiger partial charge in [0.1, 0.15) is 5.75 Å². The maximum atomic E-state index is 12.0. The summed E-state index contributed by atoms with van der Waals surface area (Å²) in [4.78, 5) is 12.0. The Hall–Kier alpha value is -1.76. The molecule has 0 aliphatic carbocycles. The number of benzene rings is 1. The van der Waals surface area contributed by atoms with Crippen molar-refractivity contribution in [2.45, 2.75) is 39.8 Å². The van der Waals surface area contributed by atoms with Crippen LogP contribution in [0, 0.1) is 5.92 Å². The fourth-order valence-electron chi connectivity index (χ4n) is 1.69. The molecule has 7 heteroatoms. The number of hydrogen-bond donors (Lipinski definition) is 1. The zero-order valence-electron chi connectivity index (χ0n) is 14.5. The lowest BCUT2D eigenvalue weighted by molar-refractivity contribution is -0.128. The Kier molecular flexibility index (Phi) is 6.44. The third-order valence-electron chi connectivity index (χ3n) is 3.75. The van der Waals surface area contributed by atoms with E-state index >= 15 is 0 Å². The highest BCUT2D eigenvalue weighted by molar-refractivity contribution is 7.92. The number of sulfonamides is 1. The summed E-state index contributed by atoms with van der Waals surface area (Å²) in [6.45, 7) is 7.70. The van der Waals surface area contributed by atoms with Crippen molar-refractivity contribution in [2.24, 2.45) is 5.92 Å². The van der Waals surface area contributed by atoms with Gasteiger partial charge in [-0.25, -0.2) is 8.42 Å². The molecule has 1 rings (SSSR count). The largest absolute Gasteiger partial charge is 0.481 e. The van der Waals surface area contributed by atoms with E-state index in [-0.39, 0.29) is 11.9 Å². The summed E-state index contributed by atoms with van der Waals surface area (Å²) in [6.07, 6.45) is 0.509. The van der Waals surface area contributed by atoms with Gasteiger partial charge in [-0.15, -0.1) is 0 Å². The number of nitrogens with one attached hydrogen (secondary N) is 1. The third kappa shape index (κ3) is 5.74. The van der Waals surface area contributed by atoms with Crippen LogP contribution in [0.4, 0.5) is 5.69 Å². The molecule has 1 amide bonds. The smallest absolute Gasteiger partial charge is 0.260 e. The van der Waals surface area contributed by atoms with Gasteiger partial charge in [-0.3, -0.25) is 9.10 Å². The van der Waals surface area contributed by atoms with Crippen molar-refractivity contribution in [1.82, 2.24) is 5.32 Å². The van der Waals surface area contributed by atoms with Gasteiger partial charge in [0.2, 0.25) is 10.0 Å². The lowest BCUT2D eigenvalue weighted by atomic mass is 10.1. The molecule has 0 unspecified atom stereocenters. The second kappa shape index (κ2) is 7.68. The molecule has 0 aliphatic heterocycles. The highest BCUT2D eigenvalue weighted by Gasteiger charge is 2.18. The van der Waals surface area contributed by atoms with E-state index in [0.717, 1.165) is 6.26 Å². The van der Waals surface area contributed by atoms with Crippen LogP contribution in [0.2, 0.25) is 0 Å². The van der Waals surface area contributed by atoms with Crippen molar-refractivity contribution in [3.05, 3.63) is 24.3 Å². The molecule has 1 aromatic carbocycles. The van der Waals surface area contributed by atoms with Crippen LogP contribution in [0.25, 0.3) is 0 Å². The van der Waals surface area contributed by atoms with Gasteiger partial charge < -0.3 is 10.1 Å². The Bertz CT molecular complexity index is 626. The summed E-state index contributed by atoms with van der Waals surface area (Å²) in [5.74, 6) is 0.677. The zero-order chi connectivity index (χ0) is 17.8. The summed E-state index contributed by atoms with van der Waals surface area (Å²) in [7, 11) is -1.82. The van der Waals surface area contributed by atoms with E-state index in [9.17, 15) is 13.2 Å². The number of nitrogens with zero attached hydrogens (tertiary/aromatic N) is 1. The molecular weight excluding hydrogens is 316 g/mol. The van der Waals surface area contributed by atoms with E-state index < -0.39 is 16.1 Å². The fourth-order valence-corrected chi connectivity index (χ4v) is 2.20. The Morgan fingerprint density at radius 1 is 1.13 bits per heavy atom. The monoisotopic (exact) mass is 342 g/mol. The number of amides is 1. The number of rotatable bonds is 7. The van der Waals surface area contributed by atoms with Crippen LogP contribution in [0.15, 0.2) is 24.3 Å². The van der Waals surface area contributed by atoms with Crippen molar-refractivity contribution < 1.29 is 17.9 Å². The first-order chi connectivity index (χ1) is 10.5. The first kappa shape index (κ1) is 19.3. The summed E-state index contributed by atoms with van der Waals surface area (Å²) >= 11 is 0. The molecule has 0 spiro atoms. The van der Waals surface area contributed by atoms with Crippen LogP contribution in [0.5, 0.6) is 5.75 Å². The Morgan fingerprint density at radius 3 is 2.09 bits per heavy atom. The van der Waals surface area contributed by atoms with Crippen LogP contribution in [-0.4, -0.2) is 39.8 Å². The third-order valence-corrected chi connectivity index (χ3v) is 4.96. The molecule has 0 aromatic heterocycles. The minimum Gasteiger partial charge on any atom is -0.481 e. The first-order valence-corrected chi connectivity index (χ1v) is 9.38. The van der Waals surface area contributed by atoms with Gasteiger partial charge in [0.05, 0.1) is 11.9 Å². The molecule has 0 heterocycles. The van der Waals surface area contributed by atoms with E-state index in [4.69, 9.17) is 4.74 Å². The number of anilines is 1. The van der Waals surface area contributed by atoms with Gasteiger partial charge in [0.25, 0.3) is 5.91 Å². The number of carbonyl (C=O) groups is 1. The van der Waals surface area contributed by atoms with E-state index in [2.05, 4.69) is 5.32 Å². The normalized spacial score (nSPS) is 14.2. The van der Waals surface area contributed by atoms with Crippen LogP contribution in [0.1, 0.15) is 27.7 Å². The summed E-state index contributed by atoms with van der Waals surface area (Å²) in [5, 5.41) is 2.90. The fraction of sp³-hybridized carbons (Fsp3) is 0.562. The minimum atomic E-state index is -3.30. The second-order valence-corrected chi connectivity index (χ2v) is 8.04. The molecule has 130 valence electrons. The molecule has 0 aliphatic rings. The highest BCUT2D eigenvalue weighted by atomic mass is 32.2. The van der Waals surface area contributed by atoms with Gasteiger partial charge in [0, 0.05) is 13.1 Å². The van der Waals surface area contributed by atoms with Crippen molar-refractivity contribution >= 4 is 21.6 Å². The average Bonchev–Trinajstić information content (AvgIpc) is 2.46. The van der Waals surface area contributed by atoms with Gasteiger partial charge in [-0.2, -0.15) is 0 Å². The zero-order valence-corrected chi connectivity index (χ0v) is 15.3. The predicted molar refractivity (Wildman–Crippen MR) is 92.2 cm³/mol. The quantitative estimate of drug-likeness (QED) is 0.822. The molecule has 0 saturated heterocycles. The van der Waals surface area contributed by atoms with Crippen molar-refractivity contribution in [2.75, 3.05) is 17.6 Å². The van der Waals surface area contributed by atoms with E-state index in [1.54, 1.807) is 31.2 Å². The average molecular weight is 342 g/mol. The van der Waals surface area contributed by atoms with Crippen molar-refractivity contribution in [3.63, 3.8) is 0 Å². The summed E-state index contributed by atoms with van der Waals surface area (Å²) < 4.78 is 29.7. The number of hydrogen-bond acceptors (Lipinski definition) is 4. The van der Waals surface area contributed by atoms with Gasteiger partial charge in [0.15, 0.2) is 6.10 Å². The number of carbonyl (C=O) groups excluding carboxylic acids is 1. The molecular formula is C16H26N2O4S. The molecule has 1 aromatic rings. The molecule has 2 atom stereocenters. The summed E-state index contributed by atoms with van der Waals surface area (Å²) in [6, 6.07) is 6.63. The van der Waals surface area contributed by atoms with Crippen LogP contribution < -0.4 is 14.4 Å². The molecule has 6 nitrogen and oxygen atoms in total. The SMILES string of the molecule is CC(C)[C@@H](C)NC(=O)[C@H](C)Oc1ccc(N(C)S(C)(=O)=O)cc1. The molecule has 1 N–H and O–H groups in total. The van der Waals surface area contributed by atoms with Crippen molar-refractivity contribution in [1.29, 1.82) is 0 Å². The molecule has 0 fully saturated rings. The van der Waals surface area contributed by atoms with E-state index in [0.29, 0.717) is 17.4 Å². The minimum absolute atomic E-state index is 0.0688. The lowest BCUT2D eigenvalue weighted by Gasteiger charge is -2.21. The first-order valence-electron chi connectivity index (χ1n) is 7.53. The van der Waals surface area contributed by atoms with Crippen LogP contribution >= 0.6 is 0 Å². The van der Waals surface area contributed by atoms with Gasteiger partial charge in [-0.05, 0) is 44.0 Å². The van der Waals surface area contributed by atoms with E-state index in [1.165, 1.54) is 11.4 Å². The Balaban J connectivity index is 2.69. The molecule has 23 heavy (non-hydrogen) atoms. The molecule has 0 radical (unpaired) electrons. The van der Waals surface area contributed by atoms with Gasteiger partial charge >= 0.3 is 0 Å². The molecule has 0 saturated carbocycles. The molecule has 0 bridgehead atoms.